The van der Waals surface area contributed by atoms with Crippen molar-refractivity contribution in [2.45, 2.75) is 0 Å². The van der Waals surface area contributed by atoms with Gasteiger partial charge in [0.05, 0.1) is 5.56 Å². The van der Waals surface area contributed by atoms with Gasteiger partial charge >= 0.3 is 0 Å². The van der Waals surface area contributed by atoms with E-state index in [0.717, 1.165) is 5.56 Å². The number of ether oxygens (including phenoxy) is 2. The molecule has 1 aliphatic heterocycles. The average molecular weight is 330 g/mol. The zero-order chi connectivity index (χ0) is 16.4. The van der Waals surface area contributed by atoms with E-state index in [9.17, 15) is 9.59 Å². The highest BCUT2D eigenvalue weighted by Gasteiger charge is 2.27. The van der Waals surface area contributed by atoms with Gasteiger partial charge in [-0.2, -0.15) is 0 Å². The lowest BCUT2D eigenvalue weighted by Crippen LogP contribution is -2.19. The number of carbonyl (C=O) groups is 2. The van der Waals surface area contributed by atoms with Crippen LogP contribution >= 0.6 is 11.6 Å². The second kappa shape index (κ2) is 6.14. The van der Waals surface area contributed by atoms with Crippen LogP contribution in [-0.2, 0) is 4.79 Å². The zero-order valence-corrected chi connectivity index (χ0v) is 12.7. The molecule has 0 radical (unpaired) electrons. The van der Waals surface area contributed by atoms with E-state index in [2.05, 4.69) is 0 Å². The number of primary amides is 1. The number of carbonyl (C=O) groups excluding carboxylic acids is 2. The van der Waals surface area contributed by atoms with E-state index in [1.165, 1.54) is 0 Å². The number of Topliss-reactive ketones (excluding diaryl/α,β-unsaturated/α-hetero) is 1. The maximum atomic E-state index is 12.3. The van der Waals surface area contributed by atoms with Crippen LogP contribution in [0.1, 0.15) is 15.9 Å². The van der Waals surface area contributed by atoms with Crippen molar-refractivity contribution in [3.63, 3.8) is 0 Å². The quantitative estimate of drug-likeness (QED) is 0.875. The molecule has 1 heterocycles. The standard InChI is InChI=1S/C17H12ClNO4/c18-11-3-1-2-10(6-11)7-15-17(21)13-5-4-12(8-14(13)23-15)22-9-16(19)20/h1-8H,9H2,(H2,19,20). The molecule has 116 valence electrons. The summed E-state index contributed by atoms with van der Waals surface area (Å²) >= 11 is 5.93. The normalized spacial score (nSPS) is 14.5. The summed E-state index contributed by atoms with van der Waals surface area (Å²) in [5.41, 5.74) is 6.22. The Morgan fingerprint density at radius 3 is 2.83 bits per heavy atom. The number of halogens is 1. The van der Waals surface area contributed by atoms with Crippen LogP contribution in [0.3, 0.4) is 0 Å². The topological polar surface area (TPSA) is 78.6 Å². The number of hydrogen-bond acceptors (Lipinski definition) is 4. The number of benzene rings is 2. The zero-order valence-electron chi connectivity index (χ0n) is 11.9. The first-order valence-electron chi connectivity index (χ1n) is 6.78. The maximum absolute atomic E-state index is 12.3. The monoisotopic (exact) mass is 329 g/mol. The fraction of sp³-hybridized carbons (Fsp3) is 0.0588. The minimum atomic E-state index is -0.580. The van der Waals surface area contributed by atoms with Crippen LogP contribution in [0.25, 0.3) is 6.08 Å². The van der Waals surface area contributed by atoms with Gasteiger partial charge in [0.15, 0.2) is 12.4 Å². The van der Waals surface area contributed by atoms with Crippen molar-refractivity contribution >= 4 is 29.4 Å². The molecule has 2 N–H and O–H groups in total. The predicted molar refractivity (Wildman–Crippen MR) is 85.5 cm³/mol. The summed E-state index contributed by atoms with van der Waals surface area (Å²) in [6.07, 6.45) is 1.62. The van der Waals surface area contributed by atoms with E-state index in [0.29, 0.717) is 22.1 Å². The van der Waals surface area contributed by atoms with E-state index < -0.39 is 5.91 Å². The third kappa shape index (κ3) is 3.35. The molecule has 0 atom stereocenters. The van der Waals surface area contributed by atoms with Crippen molar-refractivity contribution < 1.29 is 19.1 Å². The van der Waals surface area contributed by atoms with Gasteiger partial charge in [0.1, 0.15) is 11.5 Å². The molecule has 6 heteroatoms. The van der Waals surface area contributed by atoms with E-state index in [4.69, 9.17) is 26.8 Å². The van der Waals surface area contributed by atoms with Crippen LogP contribution in [0.2, 0.25) is 5.02 Å². The Labute approximate surface area is 137 Å². The number of ketones is 1. The highest BCUT2D eigenvalue weighted by atomic mass is 35.5. The highest BCUT2D eigenvalue weighted by Crippen LogP contribution is 2.35. The molecule has 23 heavy (non-hydrogen) atoms. The van der Waals surface area contributed by atoms with Gasteiger partial charge in [-0.1, -0.05) is 23.7 Å². The summed E-state index contributed by atoms with van der Waals surface area (Å²) in [5.74, 6) is 0.185. The number of nitrogens with two attached hydrogens (primary N) is 1. The van der Waals surface area contributed by atoms with E-state index in [1.807, 2.05) is 6.07 Å². The predicted octanol–water partition coefficient (Wildman–Crippen LogP) is 2.82. The third-order valence-electron chi connectivity index (χ3n) is 3.17. The molecule has 2 aromatic carbocycles. The Hall–Kier alpha value is -2.79. The summed E-state index contributed by atoms with van der Waals surface area (Å²) in [4.78, 5) is 23.1. The lowest BCUT2D eigenvalue weighted by Gasteiger charge is -2.04. The molecular formula is C17H12ClNO4. The SMILES string of the molecule is NC(=O)COc1ccc2c(c1)OC(=Cc1cccc(Cl)c1)C2=O. The second-order valence-electron chi connectivity index (χ2n) is 4.91. The van der Waals surface area contributed by atoms with Crippen molar-refractivity contribution in [1.82, 2.24) is 0 Å². The molecule has 2 aromatic rings. The number of amides is 1. The van der Waals surface area contributed by atoms with Gasteiger partial charge in [-0.25, -0.2) is 0 Å². The second-order valence-corrected chi connectivity index (χ2v) is 5.34. The number of allylic oxidation sites excluding steroid dienone is 1. The molecule has 0 unspecified atom stereocenters. The molecule has 1 aliphatic rings. The van der Waals surface area contributed by atoms with Crippen molar-refractivity contribution in [2.24, 2.45) is 5.73 Å². The van der Waals surface area contributed by atoms with Crippen molar-refractivity contribution in [1.29, 1.82) is 0 Å². The Balaban J connectivity index is 1.85. The van der Waals surface area contributed by atoms with Gasteiger partial charge in [-0.3, -0.25) is 9.59 Å². The molecule has 5 nitrogen and oxygen atoms in total. The molecule has 0 fully saturated rings. The van der Waals surface area contributed by atoms with Crippen LogP contribution in [0.5, 0.6) is 11.5 Å². The molecule has 0 spiro atoms. The molecule has 3 rings (SSSR count). The van der Waals surface area contributed by atoms with Gasteiger partial charge in [0.2, 0.25) is 5.78 Å². The largest absolute Gasteiger partial charge is 0.484 e. The van der Waals surface area contributed by atoms with E-state index in [1.54, 1.807) is 42.5 Å². The lowest BCUT2D eigenvalue weighted by atomic mass is 10.1. The minimum absolute atomic E-state index is 0.203. The van der Waals surface area contributed by atoms with Gasteiger partial charge in [0.25, 0.3) is 5.91 Å². The van der Waals surface area contributed by atoms with Gasteiger partial charge in [-0.05, 0) is 35.9 Å². The fourth-order valence-corrected chi connectivity index (χ4v) is 2.36. The molecular weight excluding hydrogens is 318 g/mol. The molecule has 0 aliphatic carbocycles. The highest BCUT2D eigenvalue weighted by molar-refractivity contribution is 6.30. The molecule has 0 aromatic heterocycles. The van der Waals surface area contributed by atoms with Crippen LogP contribution in [0, 0.1) is 0 Å². The van der Waals surface area contributed by atoms with Gasteiger partial charge in [0, 0.05) is 11.1 Å². The van der Waals surface area contributed by atoms with Crippen molar-refractivity contribution in [2.75, 3.05) is 6.61 Å². The molecule has 0 saturated carbocycles. The smallest absolute Gasteiger partial charge is 0.255 e. The first kappa shape index (κ1) is 15.1. The summed E-state index contributed by atoms with van der Waals surface area (Å²) < 4.78 is 10.8. The molecule has 1 amide bonds. The number of rotatable bonds is 4. The average Bonchev–Trinajstić information content (AvgIpc) is 2.81. The van der Waals surface area contributed by atoms with E-state index >= 15 is 0 Å². The number of hydrogen-bond donors (Lipinski definition) is 1. The Morgan fingerprint density at radius 1 is 1.26 bits per heavy atom. The summed E-state index contributed by atoms with van der Waals surface area (Å²) in [5, 5.41) is 0.574. The number of fused-ring (bicyclic) bond motifs is 1. The Bertz CT molecular complexity index is 829. The lowest BCUT2D eigenvalue weighted by molar-refractivity contribution is -0.119. The van der Waals surface area contributed by atoms with Crippen LogP contribution in [0.4, 0.5) is 0 Å². The molecule has 0 saturated heterocycles. The first-order chi connectivity index (χ1) is 11.0. The summed E-state index contributed by atoms with van der Waals surface area (Å²) in [6, 6.07) is 11.8. The Morgan fingerprint density at radius 2 is 2.09 bits per heavy atom. The Kier molecular flexibility index (Phi) is 4.04. The van der Waals surface area contributed by atoms with Crippen LogP contribution in [0.15, 0.2) is 48.2 Å². The third-order valence-corrected chi connectivity index (χ3v) is 3.40. The maximum Gasteiger partial charge on any atom is 0.255 e. The van der Waals surface area contributed by atoms with Crippen LogP contribution in [-0.4, -0.2) is 18.3 Å². The summed E-state index contributed by atoms with van der Waals surface area (Å²) in [6.45, 7) is -0.238. The molecule has 0 bridgehead atoms. The van der Waals surface area contributed by atoms with Gasteiger partial charge in [-0.15, -0.1) is 0 Å². The minimum Gasteiger partial charge on any atom is -0.484 e. The van der Waals surface area contributed by atoms with Crippen molar-refractivity contribution in [3.8, 4) is 11.5 Å². The van der Waals surface area contributed by atoms with Gasteiger partial charge < -0.3 is 15.2 Å². The van der Waals surface area contributed by atoms with Crippen molar-refractivity contribution in [3.05, 3.63) is 64.4 Å². The van der Waals surface area contributed by atoms with Crippen LogP contribution < -0.4 is 15.2 Å². The van der Waals surface area contributed by atoms with E-state index in [-0.39, 0.29) is 18.1 Å². The summed E-state index contributed by atoms with van der Waals surface area (Å²) in [7, 11) is 0. The fourth-order valence-electron chi connectivity index (χ4n) is 2.16. The first-order valence-corrected chi connectivity index (χ1v) is 7.16.